The van der Waals surface area contributed by atoms with E-state index in [0.717, 1.165) is 4.47 Å². The summed E-state index contributed by atoms with van der Waals surface area (Å²) < 4.78 is 8.05. The van der Waals surface area contributed by atoms with Crippen LogP contribution in [-0.4, -0.2) is 39.3 Å². The molecule has 0 aliphatic carbocycles. The zero-order chi connectivity index (χ0) is 24.0. The highest BCUT2D eigenvalue weighted by Gasteiger charge is 2.26. The summed E-state index contributed by atoms with van der Waals surface area (Å²) in [5.74, 6) is 1.54. The second-order valence-corrected chi connectivity index (χ2v) is 9.59. The largest absolute Gasteiger partial charge is 0.497 e. The predicted octanol–water partition coefficient (Wildman–Crippen LogP) is 5.17. The number of thioether (sulfide) groups is 1. The second-order valence-electron chi connectivity index (χ2n) is 7.73. The molecule has 9 heteroatoms. The lowest BCUT2D eigenvalue weighted by Gasteiger charge is -2.22. The van der Waals surface area contributed by atoms with Gasteiger partial charge < -0.3 is 14.6 Å². The molecule has 7 nitrogen and oxygen atoms in total. The van der Waals surface area contributed by atoms with E-state index in [0.29, 0.717) is 34.4 Å². The number of hydrogen-bond donors (Lipinski definition) is 1. The fraction of sp³-hybridized carbons (Fsp3) is 0.333. The number of carbonyl (C=O) groups is 2. The SMILES string of the molecule is CCn1c(SCC(=O)c2ccc(Br)cc2)nnc1[C@@H](NC(=O)c1ccc(OC)cc1)C(C)C. The minimum absolute atomic E-state index is 0.0212. The Balaban J connectivity index is 1.75. The van der Waals surface area contributed by atoms with Crippen molar-refractivity contribution in [2.24, 2.45) is 5.92 Å². The van der Waals surface area contributed by atoms with Crippen LogP contribution in [0.4, 0.5) is 0 Å². The van der Waals surface area contributed by atoms with E-state index in [1.165, 1.54) is 11.8 Å². The number of ether oxygens (including phenoxy) is 1. The topological polar surface area (TPSA) is 86.1 Å². The maximum atomic E-state index is 12.9. The van der Waals surface area contributed by atoms with Gasteiger partial charge in [0.2, 0.25) is 0 Å². The number of halogens is 1. The number of aromatic nitrogens is 3. The molecule has 1 aromatic heterocycles. The summed E-state index contributed by atoms with van der Waals surface area (Å²) in [6.45, 7) is 6.67. The molecule has 0 unspecified atom stereocenters. The monoisotopic (exact) mass is 530 g/mol. The number of hydrogen-bond acceptors (Lipinski definition) is 6. The van der Waals surface area contributed by atoms with Crippen molar-refractivity contribution in [3.05, 3.63) is 70.0 Å². The molecular weight excluding hydrogens is 504 g/mol. The average molecular weight is 531 g/mol. The van der Waals surface area contributed by atoms with E-state index >= 15 is 0 Å². The van der Waals surface area contributed by atoms with E-state index in [1.54, 1.807) is 43.5 Å². The van der Waals surface area contributed by atoms with Crippen LogP contribution in [0.3, 0.4) is 0 Å². The first-order chi connectivity index (χ1) is 15.8. The van der Waals surface area contributed by atoms with Gasteiger partial charge in [-0.25, -0.2) is 0 Å². The first-order valence-corrected chi connectivity index (χ1v) is 12.4. The predicted molar refractivity (Wildman–Crippen MR) is 133 cm³/mol. The zero-order valence-electron chi connectivity index (χ0n) is 19.0. The highest BCUT2D eigenvalue weighted by molar-refractivity contribution is 9.10. The molecule has 0 bridgehead atoms. The molecule has 0 aliphatic rings. The van der Waals surface area contributed by atoms with Crippen molar-refractivity contribution < 1.29 is 14.3 Å². The highest BCUT2D eigenvalue weighted by Crippen LogP contribution is 2.26. The molecule has 0 spiro atoms. The first-order valence-electron chi connectivity index (χ1n) is 10.6. The van der Waals surface area contributed by atoms with Gasteiger partial charge in [0.25, 0.3) is 5.91 Å². The summed E-state index contributed by atoms with van der Waals surface area (Å²) in [5.41, 5.74) is 1.19. The van der Waals surface area contributed by atoms with Crippen LogP contribution in [-0.2, 0) is 6.54 Å². The zero-order valence-corrected chi connectivity index (χ0v) is 21.4. The molecule has 3 aromatic rings. The fourth-order valence-corrected chi connectivity index (χ4v) is 4.45. The summed E-state index contributed by atoms with van der Waals surface area (Å²) >= 11 is 4.73. The minimum atomic E-state index is -0.330. The van der Waals surface area contributed by atoms with Gasteiger partial charge in [-0.1, -0.05) is 53.7 Å². The molecule has 1 atom stereocenters. The van der Waals surface area contributed by atoms with Gasteiger partial charge in [0.15, 0.2) is 16.8 Å². The van der Waals surface area contributed by atoms with Crippen molar-refractivity contribution in [3.63, 3.8) is 0 Å². The van der Waals surface area contributed by atoms with Crippen molar-refractivity contribution in [2.45, 2.75) is 38.5 Å². The average Bonchev–Trinajstić information content (AvgIpc) is 3.23. The molecule has 0 radical (unpaired) electrons. The van der Waals surface area contributed by atoms with E-state index in [9.17, 15) is 9.59 Å². The number of Topliss-reactive ketones (excluding diaryl/α,β-unsaturated/α-hetero) is 1. The summed E-state index contributed by atoms with van der Waals surface area (Å²) in [6.07, 6.45) is 0. The van der Waals surface area contributed by atoms with E-state index in [2.05, 4.69) is 31.4 Å². The number of carbonyl (C=O) groups excluding carboxylic acids is 2. The third-order valence-electron chi connectivity index (χ3n) is 5.14. The summed E-state index contributed by atoms with van der Waals surface area (Å²) in [7, 11) is 1.59. The molecule has 174 valence electrons. The molecule has 0 saturated heterocycles. The van der Waals surface area contributed by atoms with Crippen LogP contribution in [0.15, 0.2) is 58.2 Å². The van der Waals surface area contributed by atoms with Gasteiger partial charge in [-0.05, 0) is 49.2 Å². The summed E-state index contributed by atoms with van der Waals surface area (Å²) in [6, 6.07) is 13.9. The van der Waals surface area contributed by atoms with Gasteiger partial charge >= 0.3 is 0 Å². The Morgan fingerprint density at radius 2 is 1.70 bits per heavy atom. The molecule has 33 heavy (non-hydrogen) atoms. The number of rotatable bonds is 10. The number of amides is 1. The van der Waals surface area contributed by atoms with Crippen LogP contribution in [0.2, 0.25) is 0 Å². The second kappa shape index (κ2) is 11.5. The lowest BCUT2D eigenvalue weighted by atomic mass is 10.0. The first kappa shape index (κ1) is 25.0. The normalized spacial score (nSPS) is 11.9. The summed E-state index contributed by atoms with van der Waals surface area (Å²) in [4.78, 5) is 25.4. The van der Waals surface area contributed by atoms with Gasteiger partial charge in [-0.2, -0.15) is 0 Å². The van der Waals surface area contributed by atoms with Gasteiger partial charge in [-0.3, -0.25) is 9.59 Å². The Labute approximate surface area is 206 Å². The van der Waals surface area contributed by atoms with E-state index in [-0.39, 0.29) is 29.4 Å². The lowest BCUT2D eigenvalue weighted by molar-refractivity contribution is 0.0921. The molecule has 2 aromatic carbocycles. The highest BCUT2D eigenvalue weighted by atomic mass is 79.9. The Morgan fingerprint density at radius 1 is 1.06 bits per heavy atom. The van der Waals surface area contributed by atoms with E-state index < -0.39 is 0 Å². The number of benzene rings is 2. The van der Waals surface area contributed by atoms with Crippen LogP contribution in [0, 0.1) is 5.92 Å². The van der Waals surface area contributed by atoms with Crippen molar-refractivity contribution in [2.75, 3.05) is 12.9 Å². The molecule has 3 rings (SSSR count). The van der Waals surface area contributed by atoms with Crippen molar-refractivity contribution in [1.29, 1.82) is 0 Å². The lowest BCUT2D eigenvalue weighted by Crippen LogP contribution is -2.33. The molecule has 1 N–H and O–H groups in total. The fourth-order valence-electron chi connectivity index (χ4n) is 3.28. The van der Waals surface area contributed by atoms with Crippen LogP contribution in [0.1, 0.15) is 53.4 Å². The third kappa shape index (κ3) is 6.23. The minimum Gasteiger partial charge on any atom is -0.497 e. The number of ketones is 1. The van der Waals surface area contributed by atoms with Crippen molar-refractivity contribution in [3.8, 4) is 5.75 Å². The Kier molecular flexibility index (Phi) is 8.68. The molecule has 1 amide bonds. The molecule has 1 heterocycles. The Bertz CT molecular complexity index is 1100. The standard InChI is InChI=1S/C24H27BrN4O3S/c1-5-29-22(21(15(2)3)26-23(31)17-8-12-19(32-4)13-9-17)27-28-24(29)33-14-20(30)16-6-10-18(25)11-7-16/h6-13,15,21H,5,14H2,1-4H3,(H,26,31)/t21-/m0/s1. The van der Waals surface area contributed by atoms with Crippen LogP contribution in [0.5, 0.6) is 5.75 Å². The van der Waals surface area contributed by atoms with Crippen LogP contribution in [0.25, 0.3) is 0 Å². The maximum absolute atomic E-state index is 12.9. The Hall–Kier alpha value is -2.65. The Morgan fingerprint density at radius 3 is 2.27 bits per heavy atom. The van der Waals surface area contributed by atoms with Gasteiger partial charge in [0, 0.05) is 22.1 Å². The molecule has 0 saturated carbocycles. The molecule has 0 fully saturated rings. The van der Waals surface area contributed by atoms with Crippen LogP contribution >= 0.6 is 27.7 Å². The van der Waals surface area contributed by atoms with Crippen molar-refractivity contribution in [1.82, 2.24) is 20.1 Å². The molecular formula is C24H27BrN4O3S. The van der Waals surface area contributed by atoms with E-state index in [4.69, 9.17) is 4.74 Å². The number of methoxy groups -OCH3 is 1. The number of nitrogens with one attached hydrogen (secondary N) is 1. The van der Waals surface area contributed by atoms with Gasteiger partial charge in [0.1, 0.15) is 5.75 Å². The maximum Gasteiger partial charge on any atom is 0.251 e. The van der Waals surface area contributed by atoms with Crippen molar-refractivity contribution >= 4 is 39.4 Å². The number of nitrogens with zero attached hydrogens (tertiary/aromatic N) is 3. The van der Waals surface area contributed by atoms with Crippen LogP contribution < -0.4 is 10.1 Å². The van der Waals surface area contributed by atoms with Gasteiger partial charge in [0.05, 0.1) is 18.9 Å². The smallest absolute Gasteiger partial charge is 0.251 e. The quantitative estimate of drug-likeness (QED) is 0.287. The van der Waals surface area contributed by atoms with E-state index in [1.807, 2.05) is 37.5 Å². The third-order valence-corrected chi connectivity index (χ3v) is 6.64. The summed E-state index contributed by atoms with van der Waals surface area (Å²) in [5, 5.41) is 12.4. The van der Waals surface area contributed by atoms with Gasteiger partial charge in [-0.15, -0.1) is 10.2 Å². The molecule has 0 aliphatic heterocycles.